The zero-order valence-corrected chi connectivity index (χ0v) is 28.8. The van der Waals surface area contributed by atoms with E-state index in [1.165, 1.54) is 0 Å². The largest absolute Gasteiger partial charge is 0.378 e. The van der Waals surface area contributed by atoms with Gasteiger partial charge in [0.25, 0.3) is 0 Å². The van der Waals surface area contributed by atoms with Crippen molar-refractivity contribution in [1.29, 1.82) is 16.2 Å². The molecule has 7 N–H and O–H groups in total. The van der Waals surface area contributed by atoms with E-state index >= 15 is 0 Å². The molecule has 1 atom stereocenters. The number of nitrogens with zero attached hydrogens (tertiary/aromatic N) is 5. The first-order chi connectivity index (χ1) is 23.0. The number of imidazole rings is 2. The Morgan fingerprint density at radius 3 is 1.96 bits per heavy atom. The van der Waals surface area contributed by atoms with Gasteiger partial charge in [-0.1, -0.05) is 48.5 Å². The van der Waals surface area contributed by atoms with Crippen molar-refractivity contribution >= 4 is 49.9 Å². The molecule has 0 radical (unpaired) electrons. The molecule has 2 heterocycles. The van der Waals surface area contributed by atoms with Crippen LogP contribution in [-0.2, 0) is 30.7 Å². The van der Waals surface area contributed by atoms with E-state index in [0.29, 0.717) is 50.2 Å². The number of hydrogen-bond donors (Lipinski definition) is 6. The second-order valence-corrected chi connectivity index (χ2v) is 13.5. The molecular formula is C34H42N10O2S2. The highest BCUT2D eigenvalue weighted by atomic mass is 32.2. The maximum Gasteiger partial charge on any atom is 0.230 e. The maximum absolute atomic E-state index is 12.5. The van der Waals surface area contributed by atoms with Crippen molar-refractivity contribution in [1.82, 2.24) is 24.4 Å². The van der Waals surface area contributed by atoms with E-state index in [9.17, 15) is 9.90 Å². The number of aliphatic hydroxyl groups excluding tert-OH is 1. The first-order valence-electron chi connectivity index (χ1n) is 15.6. The minimum atomic E-state index is -1.02. The average molecular weight is 687 g/mol. The van der Waals surface area contributed by atoms with Gasteiger partial charge < -0.3 is 25.3 Å². The molecule has 0 aliphatic carbocycles. The number of nitrogens with one attached hydrogen (secondary N) is 4. The van der Waals surface area contributed by atoms with E-state index < -0.39 is 6.23 Å². The molecule has 2 aromatic heterocycles. The molecule has 1 unspecified atom stereocenters. The molecule has 4 rings (SSSR count). The number of nitrogens with two attached hydrogens (primary N) is 1. The molecule has 0 bridgehead atoms. The van der Waals surface area contributed by atoms with Crippen LogP contribution in [0.15, 0.2) is 78.3 Å². The maximum atomic E-state index is 12.5. The van der Waals surface area contributed by atoms with Crippen LogP contribution in [-0.4, -0.2) is 56.8 Å². The monoisotopic (exact) mass is 686 g/mol. The fourth-order valence-electron chi connectivity index (χ4n) is 4.96. The summed E-state index contributed by atoms with van der Waals surface area (Å²) in [7, 11) is 0. The van der Waals surface area contributed by atoms with Crippen LogP contribution in [0.3, 0.4) is 0 Å². The Morgan fingerprint density at radius 1 is 0.875 bits per heavy atom. The van der Waals surface area contributed by atoms with Gasteiger partial charge in [0.1, 0.15) is 11.6 Å². The molecule has 0 aliphatic rings. The predicted molar refractivity (Wildman–Crippen MR) is 195 cm³/mol. The zero-order valence-electron chi connectivity index (χ0n) is 27.1. The summed E-state index contributed by atoms with van der Waals surface area (Å²) >= 11 is 1.94. The molecule has 0 aliphatic heterocycles. The highest BCUT2D eigenvalue weighted by Crippen LogP contribution is 2.16. The van der Waals surface area contributed by atoms with E-state index in [1.54, 1.807) is 12.4 Å². The summed E-state index contributed by atoms with van der Waals surface area (Å²) in [5, 5.41) is 38.2. The van der Waals surface area contributed by atoms with E-state index in [1.807, 2.05) is 79.3 Å². The summed E-state index contributed by atoms with van der Waals surface area (Å²) in [6.45, 7) is 5.25. The summed E-state index contributed by atoms with van der Waals surface area (Å²) in [4.78, 5) is 25.2. The third kappa shape index (κ3) is 12.2. The number of carbonyl (C=O) groups is 1. The van der Waals surface area contributed by atoms with Crippen molar-refractivity contribution in [2.45, 2.75) is 71.7 Å². The summed E-state index contributed by atoms with van der Waals surface area (Å²) in [6.07, 6.45) is 8.98. The Balaban J connectivity index is 1.10. The molecule has 0 saturated heterocycles. The van der Waals surface area contributed by atoms with Crippen LogP contribution >= 0.6 is 23.5 Å². The molecule has 252 valence electrons. The fraction of sp³-hybridized carbons (Fsp3) is 0.324. The van der Waals surface area contributed by atoms with Gasteiger partial charge in [-0.25, -0.2) is 15.0 Å². The molecule has 0 spiro atoms. The van der Waals surface area contributed by atoms with Gasteiger partial charge in [-0.2, -0.15) is 0 Å². The second-order valence-electron chi connectivity index (χ2n) is 11.3. The number of amidine groups is 2. The normalized spacial score (nSPS) is 12.1. The Morgan fingerprint density at radius 2 is 1.40 bits per heavy atom. The van der Waals surface area contributed by atoms with Crippen molar-refractivity contribution in [3.8, 4) is 0 Å². The molecule has 48 heavy (non-hydrogen) atoms. The molecule has 0 saturated carbocycles. The number of aliphatic imine (C=N–C) groups is 1. The van der Waals surface area contributed by atoms with E-state index in [4.69, 9.17) is 22.0 Å². The van der Waals surface area contributed by atoms with Crippen LogP contribution in [0.25, 0.3) is 0 Å². The first kappa shape index (κ1) is 36.3. The van der Waals surface area contributed by atoms with Crippen LogP contribution in [0.1, 0.15) is 59.6 Å². The van der Waals surface area contributed by atoms with E-state index in [2.05, 4.69) is 24.8 Å². The van der Waals surface area contributed by atoms with Crippen LogP contribution < -0.4 is 11.1 Å². The fourth-order valence-corrected chi connectivity index (χ4v) is 6.29. The highest BCUT2D eigenvalue weighted by Gasteiger charge is 2.12. The Labute approximate surface area is 289 Å². The number of benzene rings is 2. The van der Waals surface area contributed by atoms with Crippen molar-refractivity contribution in [2.75, 3.05) is 0 Å². The van der Waals surface area contributed by atoms with Gasteiger partial charge in [-0.05, 0) is 85.3 Å². The number of aryl methyl sites for hydroxylation is 2. The molecule has 2 aromatic carbocycles. The van der Waals surface area contributed by atoms with Crippen molar-refractivity contribution < 1.29 is 9.90 Å². The number of rotatable bonds is 14. The Kier molecular flexibility index (Phi) is 13.7. The zero-order chi connectivity index (χ0) is 34.5. The van der Waals surface area contributed by atoms with E-state index in [0.717, 1.165) is 57.4 Å². The molecule has 0 fully saturated rings. The second kappa shape index (κ2) is 18.1. The Hall–Kier alpha value is -4.53. The van der Waals surface area contributed by atoms with Gasteiger partial charge in [0.05, 0.1) is 16.5 Å². The SMILES string of the molecule is Cc1nccn1Cc1cccc(CC(=O)NC(=N)SC(=N)CCCCC(=N)S/C(N)=N\C(O)Cc2cccc(Cn3ccnc3C)c2)c1. The highest BCUT2D eigenvalue weighted by molar-refractivity contribution is 8.26. The molecule has 4 aromatic rings. The third-order valence-corrected chi connectivity index (χ3v) is 8.88. The lowest BCUT2D eigenvalue weighted by Crippen LogP contribution is -2.29. The van der Waals surface area contributed by atoms with Crippen LogP contribution in [0.5, 0.6) is 0 Å². The number of thioether (sulfide) groups is 2. The van der Waals surface area contributed by atoms with Crippen molar-refractivity contribution in [3.63, 3.8) is 0 Å². The van der Waals surface area contributed by atoms with Gasteiger partial charge in [-0.15, -0.1) is 0 Å². The Bertz CT molecular complexity index is 1760. The van der Waals surface area contributed by atoms with Crippen LogP contribution in [0.4, 0.5) is 0 Å². The molecular weight excluding hydrogens is 645 g/mol. The first-order valence-corrected chi connectivity index (χ1v) is 17.2. The van der Waals surface area contributed by atoms with Gasteiger partial charge in [0, 0.05) is 44.3 Å². The summed E-state index contributed by atoms with van der Waals surface area (Å²) < 4.78 is 4.08. The standard InChI is InChI=1S/C34H42N10O2S2/c1-23-39-13-15-43(23)21-27-9-5-7-25(17-27)19-31(45)41-33(37)47-29(35)11-3-4-12-30(36)48-34(38)42-32(46)20-26-8-6-10-28(18-26)22-44-16-14-40-24(44)2/h5-10,13-18,31,35-36,45H,3-4,11-12,19-22H2,1-2H3,(H2,37,41)(H2,38,42,46). The third-order valence-electron chi connectivity index (χ3n) is 7.36. The van der Waals surface area contributed by atoms with E-state index in [-0.39, 0.29) is 27.7 Å². The number of aliphatic hydroxyl groups is 1. The smallest absolute Gasteiger partial charge is 0.230 e. The number of amides is 1. The lowest BCUT2D eigenvalue weighted by atomic mass is 10.1. The summed E-state index contributed by atoms with van der Waals surface area (Å²) in [5.74, 6) is 1.54. The van der Waals surface area contributed by atoms with Crippen molar-refractivity contribution in [3.05, 3.63) is 107 Å². The summed E-state index contributed by atoms with van der Waals surface area (Å²) in [6, 6.07) is 15.7. The van der Waals surface area contributed by atoms with Gasteiger partial charge >= 0.3 is 0 Å². The topological polar surface area (TPSA) is 195 Å². The van der Waals surface area contributed by atoms with Crippen LogP contribution in [0, 0.1) is 30.1 Å². The summed E-state index contributed by atoms with van der Waals surface area (Å²) in [5.41, 5.74) is 9.94. The van der Waals surface area contributed by atoms with Crippen LogP contribution in [0.2, 0.25) is 0 Å². The predicted octanol–water partition coefficient (Wildman–Crippen LogP) is 5.24. The van der Waals surface area contributed by atoms with Gasteiger partial charge in [-0.3, -0.25) is 21.0 Å². The number of carbonyl (C=O) groups excluding carboxylic acids is 1. The van der Waals surface area contributed by atoms with Crippen molar-refractivity contribution in [2.24, 2.45) is 10.7 Å². The minimum absolute atomic E-state index is 0.0824. The van der Waals surface area contributed by atoms with Gasteiger partial charge in [0.2, 0.25) is 5.91 Å². The number of aromatic nitrogens is 4. The molecule has 12 nitrogen and oxygen atoms in total. The molecule has 1 amide bonds. The number of hydrogen-bond acceptors (Lipinski definition) is 10. The lowest BCUT2D eigenvalue weighted by molar-refractivity contribution is -0.119. The number of unbranched alkanes of at least 4 members (excludes halogenated alkanes) is 1. The quantitative estimate of drug-likeness (QED) is 0.0592. The average Bonchev–Trinajstić information content (AvgIpc) is 3.61. The van der Waals surface area contributed by atoms with Gasteiger partial charge in [0.15, 0.2) is 16.6 Å². The lowest BCUT2D eigenvalue weighted by Gasteiger charge is -2.11. The minimum Gasteiger partial charge on any atom is -0.378 e. The molecule has 14 heteroatoms.